The molecule has 18 heavy (non-hydrogen) atoms. The molecule has 88 valence electrons. The second kappa shape index (κ2) is 6.63. The summed E-state index contributed by atoms with van der Waals surface area (Å²) in [6, 6.07) is 21.8. The Kier molecular flexibility index (Phi) is 4.57. The minimum Gasteiger partial charge on any atom is -0.204 e. The van der Waals surface area contributed by atoms with Crippen LogP contribution in [0, 0.1) is 11.3 Å². The topological polar surface area (TPSA) is 36.1 Å². The van der Waals surface area contributed by atoms with Crippen LogP contribution in [0.2, 0.25) is 0 Å². The maximum atomic E-state index is 9.08. The van der Waals surface area contributed by atoms with Crippen LogP contribution in [0.4, 0.5) is 0 Å². The first-order valence-electron chi connectivity index (χ1n) is 5.59. The Morgan fingerprint density at radius 1 is 1.00 bits per heavy atom. The lowest BCUT2D eigenvalue weighted by Gasteiger charge is -1.98. The molecule has 0 aliphatic carbocycles. The molecule has 3 heteroatoms. The van der Waals surface area contributed by atoms with Gasteiger partial charge in [-0.25, -0.2) is 4.40 Å². The molecule has 0 heterocycles. The Hall–Kier alpha value is -2.05. The molecular weight excluding hydrogens is 240 g/mol. The molecule has 0 saturated carbocycles. The van der Waals surface area contributed by atoms with Crippen molar-refractivity contribution in [2.75, 3.05) is 0 Å². The van der Waals surface area contributed by atoms with Crippen molar-refractivity contribution in [1.29, 1.82) is 5.26 Å². The summed E-state index contributed by atoms with van der Waals surface area (Å²) in [5, 5.41) is 9.08. The van der Waals surface area contributed by atoms with E-state index in [9.17, 15) is 0 Å². The first kappa shape index (κ1) is 12.4. The first-order valence-corrected chi connectivity index (χ1v) is 6.54. The maximum Gasteiger partial charge on any atom is 0.155 e. The molecule has 0 bridgehead atoms. The number of hydrogen-bond acceptors (Lipinski definition) is 3. The van der Waals surface area contributed by atoms with Crippen molar-refractivity contribution >= 4 is 17.7 Å². The Bertz CT molecular complexity index is 556. The molecule has 0 aromatic heterocycles. The van der Waals surface area contributed by atoms with E-state index in [2.05, 4.69) is 22.6 Å². The average Bonchev–Trinajstić information content (AvgIpc) is 2.46. The summed E-state index contributed by atoms with van der Waals surface area (Å²) in [6.07, 6.45) is 0. The quantitative estimate of drug-likeness (QED) is 0.612. The fraction of sp³-hybridized carbons (Fsp3) is 0.0667. The Morgan fingerprint density at radius 2 is 1.61 bits per heavy atom. The van der Waals surface area contributed by atoms with Crippen LogP contribution in [0.1, 0.15) is 11.1 Å². The average molecular weight is 252 g/mol. The minimum absolute atomic E-state index is 0.469. The van der Waals surface area contributed by atoms with E-state index in [-0.39, 0.29) is 0 Å². The van der Waals surface area contributed by atoms with Gasteiger partial charge in [0.1, 0.15) is 6.07 Å². The number of hydrogen-bond donors (Lipinski definition) is 0. The normalized spacial score (nSPS) is 10.9. The zero-order valence-corrected chi connectivity index (χ0v) is 10.6. The molecule has 2 aromatic carbocycles. The summed E-state index contributed by atoms with van der Waals surface area (Å²) in [4.78, 5) is 0. The maximum absolute atomic E-state index is 9.08. The third-order valence-corrected chi connectivity index (χ3v) is 3.16. The molecule has 2 nitrogen and oxygen atoms in total. The van der Waals surface area contributed by atoms with Gasteiger partial charge in [-0.2, -0.15) is 5.26 Å². The van der Waals surface area contributed by atoms with Crippen LogP contribution in [0.5, 0.6) is 0 Å². The van der Waals surface area contributed by atoms with Crippen LogP contribution in [0.15, 0.2) is 65.1 Å². The Balaban J connectivity index is 2.02. The van der Waals surface area contributed by atoms with Gasteiger partial charge in [0.25, 0.3) is 0 Å². The summed E-state index contributed by atoms with van der Waals surface area (Å²) in [5.74, 6) is 0.777. The number of benzene rings is 2. The molecular formula is C15H12N2S. The van der Waals surface area contributed by atoms with Gasteiger partial charge in [0.2, 0.25) is 0 Å². The summed E-state index contributed by atoms with van der Waals surface area (Å²) in [6.45, 7) is 0. The zero-order chi connectivity index (χ0) is 12.6. The van der Waals surface area contributed by atoms with E-state index in [0.29, 0.717) is 5.71 Å². The van der Waals surface area contributed by atoms with Crippen molar-refractivity contribution in [3.63, 3.8) is 0 Å². The predicted molar refractivity (Wildman–Crippen MR) is 76.3 cm³/mol. The molecule has 0 aliphatic rings. The lowest BCUT2D eigenvalue weighted by Crippen LogP contribution is -1.95. The summed E-state index contributed by atoms with van der Waals surface area (Å²) >= 11 is 1.40. The third kappa shape index (κ3) is 3.47. The second-order valence-electron chi connectivity index (χ2n) is 3.68. The highest BCUT2D eigenvalue weighted by atomic mass is 32.2. The van der Waals surface area contributed by atoms with Crippen LogP contribution >= 0.6 is 11.9 Å². The number of rotatable bonds is 4. The van der Waals surface area contributed by atoms with Crippen molar-refractivity contribution in [1.82, 2.24) is 0 Å². The highest BCUT2D eigenvalue weighted by Crippen LogP contribution is 2.14. The standard InChI is InChI=1S/C15H12N2S/c16-11-15(14-9-5-2-6-10-14)17-18-12-13-7-3-1-4-8-13/h1-10H,12H2/b17-15-. The summed E-state index contributed by atoms with van der Waals surface area (Å²) in [5.41, 5.74) is 2.54. The van der Waals surface area contributed by atoms with Crippen LogP contribution < -0.4 is 0 Å². The molecule has 0 saturated heterocycles. The van der Waals surface area contributed by atoms with E-state index in [4.69, 9.17) is 5.26 Å². The van der Waals surface area contributed by atoms with Crippen molar-refractivity contribution < 1.29 is 0 Å². The fourth-order valence-corrected chi connectivity index (χ4v) is 2.16. The van der Waals surface area contributed by atoms with Crippen molar-refractivity contribution in [3.05, 3.63) is 71.8 Å². The van der Waals surface area contributed by atoms with Gasteiger partial charge in [-0.3, -0.25) is 0 Å². The smallest absolute Gasteiger partial charge is 0.155 e. The van der Waals surface area contributed by atoms with Crippen molar-refractivity contribution in [2.45, 2.75) is 5.75 Å². The van der Waals surface area contributed by atoms with Crippen LogP contribution in [-0.4, -0.2) is 5.71 Å². The molecule has 0 fully saturated rings. The van der Waals surface area contributed by atoms with Crippen molar-refractivity contribution in [3.8, 4) is 6.07 Å². The van der Waals surface area contributed by atoms with E-state index in [1.165, 1.54) is 17.5 Å². The lowest BCUT2D eigenvalue weighted by molar-refractivity contribution is 1.41. The molecule has 2 aromatic rings. The van der Waals surface area contributed by atoms with Crippen LogP contribution in [-0.2, 0) is 5.75 Å². The van der Waals surface area contributed by atoms with Gasteiger partial charge < -0.3 is 0 Å². The Morgan fingerprint density at radius 3 is 2.22 bits per heavy atom. The monoisotopic (exact) mass is 252 g/mol. The van der Waals surface area contributed by atoms with Gasteiger partial charge in [-0.1, -0.05) is 60.7 Å². The minimum atomic E-state index is 0.469. The number of nitriles is 1. The van der Waals surface area contributed by atoms with E-state index < -0.39 is 0 Å². The SMILES string of the molecule is N#C/C(=N/SCc1ccccc1)c1ccccc1. The zero-order valence-electron chi connectivity index (χ0n) is 9.78. The van der Waals surface area contributed by atoms with Gasteiger partial charge >= 0.3 is 0 Å². The highest BCUT2D eigenvalue weighted by Gasteiger charge is 2.01. The summed E-state index contributed by atoms with van der Waals surface area (Å²) < 4.78 is 4.28. The molecule has 0 unspecified atom stereocenters. The molecule has 0 spiro atoms. The van der Waals surface area contributed by atoms with Gasteiger partial charge in [0.05, 0.1) is 0 Å². The van der Waals surface area contributed by atoms with Gasteiger partial charge in [-0.05, 0) is 17.5 Å². The molecule has 0 aliphatic heterocycles. The largest absolute Gasteiger partial charge is 0.204 e. The van der Waals surface area contributed by atoms with Gasteiger partial charge in [-0.15, -0.1) is 0 Å². The predicted octanol–water partition coefficient (Wildman–Crippen LogP) is 3.85. The molecule has 0 atom stereocenters. The van der Waals surface area contributed by atoms with Crippen LogP contribution in [0.3, 0.4) is 0 Å². The Labute approximate surface area is 111 Å². The van der Waals surface area contributed by atoms with E-state index in [0.717, 1.165) is 11.3 Å². The highest BCUT2D eigenvalue weighted by molar-refractivity contribution is 7.97. The molecule has 0 amide bonds. The second-order valence-corrected chi connectivity index (χ2v) is 4.41. The molecule has 0 N–H and O–H groups in total. The first-order chi connectivity index (χ1) is 8.90. The van der Waals surface area contributed by atoms with Gasteiger partial charge in [0.15, 0.2) is 5.71 Å². The molecule has 0 radical (unpaired) electrons. The van der Waals surface area contributed by atoms with Crippen molar-refractivity contribution in [2.24, 2.45) is 4.40 Å². The molecule has 2 rings (SSSR count). The van der Waals surface area contributed by atoms with Crippen LogP contribution in [0.25, 0.3) is 0 Å². The third-order valence-electron chi connectivity index (χ3n) is 2.38. The van der Waals surface area contributed by atoms with E-state index >= 15 is 0 Å². The number of nitrogens with zero attached hydrogens (tertiary/aromatic N) is 2. The van der Waals surface area contributed by atoms with E-state index in [1.54, 1.807) is 0 Å². The lowest BCUT2D eigenvalue weighted by atomic mass is 10.1. The van der Waals surface area contributed by atoms with Gasteiger partial charge in [0, 0.05) is 11.3 Å². The summed E-state index contributed by atoms with van der Waals surface area (Å²) in [7, 11) is 0. The fourth-order valence-electron chi connectivity index (χ4n) is 1.48. The van der Waals surface area contributed by atoms with E-state index in [1.807, 2.05) is 48.5 Å².